The van der Waals surface area contributed by atoms with Gasteiger partial charge < -0.3 is 15.2 Å². The lowest BCUT2D eigenvalue weighted by atomic mass is 10.1. The lowest BCUT2D eigenvalue weighted by Crippen LogP contribution is -2.44. The van der Waals surface area contributed by atoms with Crippen molar-refractivity contribution in [3.05, 3.63) is 35.9 Å². The molecule has 134 valence electrons. The Morgan fingerprint density at radius 2 is 1.88 bits per heavy atom. The third-order valence-corrected chi connectivity index (χ3v) is 3.93. The quantitative estimate of drug-likeness (QED) is 0.734. The Balaban J connectivity index is 0.00000288. The first-order valence-corrected chi connectivity index (χ1v) is 8.00. The second-order valence-corrected chi connectivity index (χ2v) is 5.75. The number of carboxylic acids is 1. The van der Waals surface area contributed by atoms with E-state index in [1.807, 2.05) is 23.1 Å². The number of likely N-dealkylation sites (tertiary alicyclic amines) is 1. The van der Waals surface area contributed by atoms with Crippen LogP contribution in [0.3, 0.4) is 0 Å². The van der Waals surface area contributed by atoms with Gasteiger partial charge in [0.15, 0.2) is 0 Å². The van der Waals surface area contributed by atoms with Crippen LogP contribution in [0.15, 0.2) is 30.3 Å². The predicted molar refractivity (Wildman–Crippen MR) is 93.5 cm³/mol. The van der Waals surface area contributed by atoms with Gasteiger partial charge in [0.25, 0.3) is 0 Å². The minimum atomic E-state index is -1.02. The van der Waals surface area contributed by atoms with E-state index in [1.165, 1.54) is 5.56 Å². The first kappa shape index (κ1) is 20.4. The molecule has 1 fully saturated rings. The molecule has 0 atom stereocenters. The number of piperidine rings is 1. The third kappa shape index (κ3) is 7.77. The molecule has 0 radical (unpaired) electrons. The largest absolute Gasteiger partial charge is 0.480 e. The van der Waals surface area contributed by atoms with Crippen LogP contribution >= 0.6 is 12.4 Å². The van der Waals surface area contributed by atoms with Crippen LogP contribution in [-0.4, -0.2) is 60.8 Å². The fourth-order valence-electron chi connectivity index (χ4n) is 2.66. The summed E-state index contributed by atoms with van der Waals surface area (Å²) in [4.78, 5) is 24.0. The lowest BCUT2D eigenvalue weighted by molar-refractivity contribution is -0.138. The number of rotatable bonds is 8. The number of amides is 1. The third-order valence-electron chi connectivity index (χ3n) is 3.93. The number of halogens is 1. The number of hydrogen-bond donors (Lipinski definition) is 2. The molecule has 6 nitrogen and oxygen atoms in total. The van der Waals surface area contributed by atoms with Crippen molar-refractivity contribution in [2.45, 2.75) is 25.4 Å². The fraction of sp³-hybridized carbons (Fsp3) is 0.529. The van der Waals surface area contributed by atoms with Crippen LogP contribution in [0.25, 0.3) is 0 Å². The monoisotopic (exact) mass is 356 g/mol. The van der Waals surface area contributed by atoms with Crippen LogP contribution in [0.1, 0.15) is 18.4 Å². The molecule has 24 heavy (non-hydrogen) atoms. The number of hydrogen-bond acceptors (Lipinski definition) is 4. The number of carbonyl (C=O) groups excluding carboxylic acids is 1. The molecule has 1 aliphatic heterocycles. The maximum Gasteiger partial charge on any atom is 0.322 e. The summed E-state index contributed by atoms with van der Waals surface area (Å²) in [6.45, 7) is 2.25. The van der Waals surface area contributed by atoms with Gasteiger partial charge in [0.1, 0.15) is 6.54 Å². The molecule has 1 heterocycles. The molecule has 1 amide bonds. The van der Waals surface area contributed by atoms with E-state index in [4.69, 9.17) is 9.84 Å². The van der Waals surface area contributed by atoms with Crippen LogP contribution in [-0.2, 0) is 20.7 Å². The number of benzene rings is 1. The summed E-state index contributed by atoms with van der Waals surface area (Å²) in [5.74, 6) is -1.26. The van der Waals surface area contributed by atoms with Crippen molar-refractivity contribution < 1.29 is 19.4 Å². The van der Waals surface area contributed by atoms with Crippen LogP contribution in [0.2, 0.25) is 0 Å². The number of nitrogens with one attached hydrogen (secondary N) is 1. The lowest BCUT2D eigenvalue weighted by Gasteiger charge is -2.31. The highest BCUT2D eigenvalue weighted by Gasteiger charge is 2.21. The highest BCUT2D eigenvalue weighted by atomic mass is 35.5. The van der Waals surface area contributed by atoms with E-state index in [2.05, 4.69) is 17.4 Å². The molecule has 1 aromatic carbocycles. The van der Waals surface area contributed by atoms with Gasteiger partial charge in [0.05, 0.1) is 19.3 Å². The maximum atomic E-state index is 11.6. The molecule has 1 aliphatic rings. The molecule has 0 aromatic heterocycles. The van der Waals surface area contributed by atoms with E-state index in [0.717, 1.165) is 32.4 Å². The summed E-state index contributed by atoms with van der Waals surface area (Å²) in [5.41, 5.74) is 1.28. The summed E-state index contributed by atoms with van der Waals surface area (Å²) < 4.78 is 5.91. The zero-order chi connectivity index (χ0) is 16.5. The molecule has 1 aromatic rings. The molecule has 0 saturated carbocycles. The Bertz CT molecular complexity index is 505. The second kappa shape index (κ2) is 11.0. The maximum absolute atomic E-state index is 11.6. The molecule has 2 N–H and O–H groups in total. The zero-order valence-electron chi connectivity index (χ0n) is 13.6. The SMILES string of the molecule is Cl.O=C(O)CNC(=O)CN1CCC(OCCc2ccccc2)CC1. The van der Waals surface area contributed by atoms with Crippen molar-refractivity contribution in [3.8, 4) is 0 Å². The first-order chi connectivity index (χ1) is 11.1. The Kier molecular flexibility index (Phi) is 9.37. The Labute approximate surface area is 148 Å². The van der Waals surface area contributed by atoms with E-state index < -0.39 is 5.97 Å². The van der Waals surface area contributed by atoms with Gasteiger partial charge in [0, 0.05) is 13.1 Å². The Morgan fingerprint density at radius 1 is 1.21 bits per heavy atom. The number of ether oxygens (including phenoxy) is 1. The molecular formula is C17H25ClN2O4. The number of nitrogens with zero attached hydrogens (tertiary/aromatic N) is 1. The van der Waals surface area contributed by atoms with Crippen LogP contribution in [0, 0.1) is 0 Å². The van der Waals surface area contributed by atoms with Gasteiger partial charge in [-0.25, -0.2) is 0 Å². The Morgan fingerprint density at radius 3 is 2.50 bits per heavy atom. The van der Waals surface area contributed by atoms with Gasteiger partial charge in [-0.1, -0.05) is 30.3 Å². The van der Waals surface area contributed by atoms with Crippen molar-refractivity contribution in [2.75, 3.05) is 32.8 Å². The average molecular weight is 357 g/mol. The molecule has 0 bridgehead atoms. The van der Waals surface area contributed by atoms with Crippen LogP contribution in [0.5, 0.6) is 0 Å². The van der Waals surface area contributed by atoms with Crippen molar-refractivity contribution in [3.63, 3.8) is 0 Å². The summed E-state index contributed by atoms with van der Waals surface area (Å²) in [7, 11) is 0. The second-order valence-electron chi connectivity index (χ2n) is 5.75. The fourth-order valence-corrected chi connectivity index (χ4v) is 2.66. The van der Waals surface area contributed by atoms with Crippen molar-refractivity contribution >= 4 is 24.3 Å². The molecule has 1 saturated heterocycles. The van der Waals surface area contributed by atoms with Gasteiger partial charge in [-0.3, -0.25) is 14.5 Å². The van der Waals surface area contributed by atoms with Crippen LogP contribution in [0.4, 0.5) is 0 Å². The molecule has 0 unspecified atom stereocenters. The van der Waals surface area contributed by atoms with E-state index in [1.54, 1.807) is 0 Å². The molecule has 0 spiro atoms. The average Bonchev–Trinajstić information content (AvgIpc) is 2.56. The standard InChI is InChI=1S/C17H24N2O4.ClH/c20-16(18-12-17(21)22)13-19-9-6-15(7-10-19)23-11-8-14-4-2-1-3-5-14;/h1-5,15H,6-13H2,(H,18,20)(H,21,22);1H. The minimum Gasteiger partial charge on any atom is -0.480 e. The van der Waals surface area contributed by atoms with Gasteiger partial charge in [-0.15, -0.1) is 12.4 Å². The van der Waals surface area contributed by atoms with E-state index >= 15 is 0 Å². The normalized spacial score (nSPS) is 15.5. The molecule has 0 aliphatic carbocycles. The van der Waals surface area contributed by atoms with Gasteiger partial charge >= 0.3 is 5.97 Å². The molecule has 7 heteroatoms. The van der Waals surface area contributed by atoms with E-state index in [9.17, 15) is 9.59 Å². The Hall–Kier alpha value is -1.63. The number of carboxylic acid groups (broad SMARTS) is 1. The summed E-state index contributed by atoms with van der Waals surface area (Å²) in [6, 6.07) is 10.3. The van der Waals surface area contributed by atoms with Crippen LogP contribution < -0.4 is 5.32 Å². The zero-order valence-corrected chi connectivity index (χ0v) is 14.5. The van der Waals surface area contributed by atoms with Gasteiger partial charge in [-0.05, 0) is 24.8 Å². The topological polar surface area (TPSA) is 78.9 Å². The summed E-state index contributed by atoms with van der Waals surface area (Å²) in [5, 5.41) is 10.9. The van der Waals surface area contributed by atoms with Gasteiger partial charge in [0.2, 0.25) is 5.91 Å². The number of aliphatic carboxylic acids is 1. The molecular weight excluding hydrogens is 332 g/mol. The minimum absolute atomic E-state index is 0. The molecule has 2 rings (SSSR count). The number of carbonyl (C=O) groups is 2. The highest BCUT2D eigenvalue weighted by molar-refractivity contribution is 5.85. The van der Waals surface area contributed by atoms with E-state index in [-0.39, 0.29) is 37.5 Å². The van der Waals surface area contributed by atoms with Crippen molar-refractivity contribution in [2.24, 2.45) is 0 Å². The summed E-state index contributed by atoms with van der Waals surface area (Å²) >= 11 is 0. The first-order valence-electron chi connectivity index (χ1n) is 8.00. The highest BCUT2D eigenvalue weighted by Crippen LogP contribution is 2.14. The van der Waals surface area contributed by atoms with E-state index in [0.29, 0.717) is 6.61 Å². The predicted octanol–water partition coefficient (Wildman–Crippen LogP) is 1.33. The summed E-state index contributed by atoms with van der Waals surface area (Å²) in [6.07, 6.45) is 2.97. The smallest absolute Gasteiger partial charge is 0.322 e. The van der Waals surface area contributed by atoms with Crippen molar-refractivity contribution in [1.29, 1.82) is 0 Å². The van der Waals surface area contributed by atoms with Gasteiger partial charge in [-0.2, -0.15) is 0 Å². The van der Waals surface area contributed by atoms with Crippen molar-refractivity contribution in [1.82, 2.24) is 10.2 Å².